The first kappa shape index (κ1) is 8.69. The van der Waals surface area contributed by atoms with E-state index in [1.807, 2.05) is 0 Å². The van der Waals surface area contributed by atoms with Gasteiger partial charge in [0.15, 0.2) is 0 Å². The van der Waals surface area contributed by atoms with Crippen molar-refractivity contribution < 1.29 is 4.92 Å². The smallest absolute Gasteiger partial charge is 0.258 e. The van der Waals surface area contributed by atoms with E-state index >= 15 is 0 Å². The van der Waals surface area contributed by atoms with Gasteiger partial charge in [-0.2, -0.15) is 0 Å². The Morgan fingerprint density at radius 1 is 1.31 bits per heavy atom. The van der Waals surface area contributed by atoms with E-state index in [1.165, 1.54) is 0 Å². The highest BCUT2D eigenvalue weighted by molar-refractivity contribution is 9.10. The Kier molecular flexibility index (Phi) is 2.07. The highest BCUT2D eigenvalue weighted by Crippen LogP contribution is 2.35. The molecular formula is C9H8BrNO2. The van der Waals surface area contributed by atoms with Gasteiger partial charge < -0.3 is 0 Å². The molecular weight excluding hydrogens is 234 g/mol. The molecule has 0 N–H and O–H groups in total. The van der Waals surface area contributed by atoms with E-state index < -0.39 is 0 Å². The number of hydrogen-bond donors (Lipinski definition) is 0. The highest BCUT2D eigenvalue weighted by Gasteiger charge is 2.23. The van der Waals surface area contributed by atoms with Crippen LogP contribution in [0.15, 0.2) is 16.6 Å². The van der Waals surface area contributed by atoms with E-state index in [-0.39, 0.29) is 10.6 Å². The molecule has 1 aliphatic rings. The standard InChI is InChI=1S/C9H8BrNO2/c10-8-4-5-9(11(12)13)7-3-1-2-6(7)8/h4-5H,1-3H2. The van der Waals surface area contributed by atoms with E-state index in [2.05, 4.69) is 15.9 Å². The summed E-state index contributed by atoms with van der Waals surface area (Å²) < 4.78 is 1.01. The molecule has 3 nitrogen and oxygen atoms in total. The van der Waals surface area contributed by atoms with Gasteiger partial charge in [0.2, 0.25) is 0 Å². The Balaban J connectivity index is 2.62. The molecule has 0 unspecified atom stereocenters. The second-order valence-corrected chi connectivity index (χ2v) is 3.99. The number of nitrogens with zero attached hydrogens (tertiary/aromatic N) is 1. The molecule has 4 heteroatoms. The normalized spacial score (nSPS) is 14.2. The molecule has 0 amide bonds. The number of halogens is 1. The maximum absolute atomic E-state index is 10.7. The van der Waals surface area contributed by atoms with E-state index in [9.17, 15) is 10.1 Å². The second-order valence-electron chi connectivity index (χ2n) is 3.13. The number of rotatable bonds is 1. The first-order valence-electron chi connectivity index (χ1n) is 4.15. The van der Waals surface area contributed by atoms with Gasteiger partial charge in [-0.05, 0) is 30.9 Å². The van der Waals surface area contributed by atoms with Crippen LogP contribution in [0.5, 0.6) is 0 Å². The van der Waals surface area contributed by atoms with Crippen molar-refractivity contribution in [3.8, 4) is 0 Å². The summed E-state index contributed by atoms with van der Waals surface area (Å²) in [7, 11) is 0. The number of fused-ring (bicyclic) bond motifs is 1. The summed E-state index contributed by atoms with van der Waals surface area (Å²) in [4.78, 5) is 10.4. The molecule has 0 heterocycles. The van der Waals surface area contributed by atoms with Crippen LogP contribution >= 0.6 is 15.9 Å². The minimum absolute atomic E-state index is 0.274. The van der Waals surface area contributed by atoms with Gasteiger partial charge in [-0.25, -0.2) is 0 Å². The average Bonchev–Trinajstić information content (AvgIpc) is 2.53. The van der Waals surface area contributed by atoms with Gasteiger partial charge in [0.05, 0.1) is 4.92 Å². The summed E-state index contributed by atoms with van der Waals surface area (Å²) in [6, 6.07) is 3.34. The molecule has 0 aromatic heterocycles. The van der Waals surface area contributed by atoms with Crippen molar-refractivity contribution in [1.82, 2.24) is 0 Å². The minimum atomic E-state index is -0.295. The lowest BCUT2D eigenvalue weighted by molar-refractivity contribution is -0.385. The van der Waals surface area contributed by atoms with Crippen LogP contribution in [0.25, 0.3) is 0 Å². The number of benzene rings is 1. The largest absolute Gasteiger partial charge is 0.272 e. The van der Waals surface area contributed by atoms with Crippen molar-refractivity contribution in [2.75, 3.05) is 0 Å². The van der Waals surface area contributed by atoms with Gasteiger partial charge in [-0.1, -0.05) is 15.9 Å². The zero-order valence-corrected chi connectivity index (χ0v) is 8.50. The van der Waals surface area contributed by atoms with Crippen LogP contribution in [0.1, 0.15) is 17.5 Å². The van der Waals surface area contributed by atoms with Crippen LogP contribution in [0.2, 0.25) is 0 Å². The van der Waals surface area contributed by atoms with Crippen molar-refractivity contribution in [3.05, 3.63) is 37.8 Å². The predicted octanol–water partition coefficient (Wildman–Crippen LogP) is 2.85. The quantitative estimate of drug-likeness (QED) is 0.561. The Morgan fingerprint density at radius 2 is 2.00 bits per heavy atom. The van der Waals surface area contributed by atoms with Crippen LogP contribution < -0.4 is 0 Å². The summed E-state index contributed by atoms with van der Waals surface area (Å²) in [6.45, 7) is 0. The van der Waals surface area contributed by atoms with Crippen molar-refractivity contribution in [2.45, 2.75) is 19.3 Å². The van der Waals surface area contributed by atoms with Gasteiger partial charge in [-0.3, -0.25) is 10.1 Å². The predicted molar refractivity (Wildman–Crippen MR) is 52.8 cm³/mol. The zero-order valence-electron chi connectivity index (χ0n) is 6.92. The van der Waals surface area contributed by atoms with Crippen molar-refractivity contribution in [2.24, 2.45) is 0 Å². The number of nitro groups is 1. The summed E-state index contributed by atoms with van der Waals surface area (Å²) in [5, 5.41) is 10.7. The monoisotopic (exact) mass is 241 g/mol. The molecule has 0 saturated carbocycles. The molecule has 1 aromatic rings. The molecule has 0 aliphatic heterocycles. The second kappa shape index (κ2) is 3.10. The third-order valence-corrected chi connectivity index (χ3v) is 3.14. The van der Waals surface area contributed by atoms with Crippen LogP contribution in [-0.2, 0) is 12.8 Å². The number of hydrogen-bond acceptors (Lipinski definition) is 2. The summed E-state index contributed by atoms with van der Waals surface area (Å²) in [5.41, 5.74) is 2.31. The van der Waals surface area contributed by atoms with Crippen LogP contribution in [0.3, 0.4) is 0 Å². The summed E-state index contributed by atoms with van der Waals surface area (Å²) >= 11 is 3.41. The van der Waals surface area contributed by atoms with E-state index in [0.29, 0.717) is 0 Å². The van der Waals surface area contributed by atoms with Gasteiger partial charge in [0.1, 0.15) is 0 Å². The van der Waals surface area contributed by atoms with Crippen LogP contribution in [0.4, 0.5) is 5.69 Å². The Bertz CT molecular complexity index is 376. The first-order valence-corrected chi connectivity index (χ1v) is 4.94. The molecule has 68 valence electrons. The molecule has 0 radical (unpaired) electrons. The molecule has 1 aliphatic carbocycles. The van der Waals surface area contributed by atoms with Crippen molar-refractivity contribution in [1.29, 1.82) is 0 Å². The Labute approximate surface area is 84.0 Å². The van der Waals surface area contributed by atoms with E-state index in [1.54, 1.807) is 12.1 Å². The van der Waals surface area contributed by atoms with Gasteiger partial charge in [0.25, 0.3) is 5.69 Å². The SMILES string of the molecule is O=[N+]([O-])c1ccc(Br)c2c1CCC2. The topological polar surface area (TPSA) is 43.1 Å². The molecule has 13 heavy (non-hydrogen) atoms. The van der Waals surface area contributed by atoms with Crippen molar-refractivity contribution >= 4 is 21.6 Å². The van der Waals surface area contributed by atoms with Gasteiger partial charge >= 0.3 is 0 Å². The molecule has 0 atom stereocenters. The first-order chi connectivity index (χ1) is 6.20. The minimum Gasteiger partial charge on any atom is -0.258 e. The fourth-order valence-corrected chi connectivity index (χ4v) is 2.38. The molecule has 0 spiro atoms. The number of nitro benzene ring substituents is 1. The van der Waals surface area contributed by atoms with E-state index in [4.69, 9.17) is 0 Å². The molecule has 0 bridgehead atoms. The van der Waals surface area contributed by atoms with Crippen molar-refractivity contribution in [3.63, 3.8) is 0 Å². The van der Waals surface area contributed by atoms with Gasteiger partial charge in [-0.15, -0.1) is 0 Å². The van der Waals surface area contributed by atoms with E-state index in [0.717, 1.165) is 34.9 Å². The third kappa shape index (κ3) is 1.35. The summed E-state index contributed by atoms with van der Waals surface area (Å²) in [5.74, 6) is 0. The summed E-state index contributed by atoms with van der Waals surface area (Å²) in [6.07, 6.45) is 2.82. The molecule has 2 rings (SSSR count). The lowest BCUT2D eigenvalue weighted by atomic mass is 10.1. The molecule has 1 aromatic carbocycles. The third-order valence-electron chi connectivity index (χ3n) is 2.40. The lowest BCUT2D eigenvalue weighted by Crippen LogP contribution is -1.94. The van der Waals surface area contributed by atoms with Crippen LogP contribution in [0, 0.1) is 10.1 Å². The maximum atomic E-state index is 10.7. The average molecular weight is 242 g/mol. The Hall–Kier alpha value is -0.900. The lowest BCUT2D eigenvalue weighted by Gasteiger charge is -2.02. The molecule has 0 fully saturated rings. The highest BCUT2D eigenvalue weighted by atomic mass is 79.9. The fraction of sp³-hybridized carbons (Fsp3) is 0.333. The Morgan fingerprint density at radius 3 is 2.69 bits per heavy atom. The zero-order chi connectivity index (χ0) is 9.42. The fourth-order valence-electron chi connectivity index (χ4n) is 1.81. The van der Waals surface area contributed by atoms with Gasteiger partial charge in [0, 0.05) is 16.1 Å². The molecule has 0 saturated heterocycles. The van der Waals surface area contributed by atoms with Crippen LogP contribution in [-0.4, -0.2) is 4.92 Å². The maximum Gasteiger partial charge on any atom is 0.272 e.